The van der Waals surface area contributed by atoms with Gasteiger partial charge in [0.25, 0.3) is 11.6 Å². The standard InChI is InChI=1S/C14H8IN3O3/c15-12-4-2-1-3-11(12)14-16-13(17-21-14)9-5-7-10(8-6-9)18(19)20/h1-8H. The molecule has 0 saturated heterocycles. The summed E-state index contributed by atoms with van der Waals surface area (Å²) in [6.45, 7) is 0. The van der Waals surface area contributed by atoms with Gasteiger partial charge in [-0.1, -0.05) is 17.3 Å². The van der Waals surface area contributed by atoms with Crippen LogP contribution in [0.25, 0.3) is 22.8 Å². The molecule has 0 fully saturated rings. The van der Waals surface area contributed by atoms with Gasteiger partial charge in [-0.05, 0) is 46.9 Å². The first kappa shape index (κ1) is 13.7. The highest BCUT2D eigenvalue weighted by molar-refractivity contribution is 14.1. The van der Waals surface area contributed by atoms with Crippen molar-refractivity contribution >= 4 is 28.3 Å². The predicted molar refractivity (Wildman–Crippen MR) is 84.5 cm³/mol. The molecular formula is C14H8IN3O3. The Kier molecular flexibility index (Phi) is 3.65. The van der Waals surface area contributed by atoms with Crippen molar-refractivity contribution in [3.05, 3.63) is 62.2 Å². The highest BCUT2D eigenvalue weighted by atomic mass is 127. The van der Waals surface area contributed by atoms with Crippen molar-refractivity contribution in [2.45, 2.75) is 0 Å². The first-order chi connectivity index (χ1) is 10.1. The minimum absolute atomic E-state index is 0.0278. The quantitative estimate of drug-likeness (QED) is 0.383. The van der Waals surface area contributed by atoms with Crippen LogP contribution >= 0.6 is 22.6 Å². The van der Waals surface area contributed by atoms with E-state index in [0.29, 0.717) is 17.3 Å². The van der Waals surface area contributed by atoms with Crippen molar-refractivity contribution in [1.82, 2.24) is 10.1 Å². The van der Waals surface area contributed by atoms with Crippen LogP contribution in [0.1, 0.15) is 0 Å². The number of non-ortho nitro benzene ring substituents is 1. The number of aromatic nitrogens is 2. The van der Waals surface area contributed by atoms with Crippen LogP contribution in [0, 0.1) is 13.7 Å². The Bertz CT molecular complexity index is 799. The molecule has 1 heterocycles. The Labute approximate surface area is 133 Å². The molecule has 0 aliphatic heterocycles. The van der Waals surface area contributed by atoms with Gasteiger partial charge in [0.2, 0.25) is 5.82 Å². The van der Waals surface area contributed by atoms with Crippen molar-refractivity contribution in [3.63, 3.8) is 0 Å². The SMILES string of the molecule is O=[N+]([O-])c1ccc(-c2noc(-c3ccccc3I)n2)cc1. The molecule has 0 N–H and O–H groups in total. The van der Waals surface area contributed by atoms with Crippen molar-refractivity contribution in [2.75, 3.05) is 0 Å². The molecule has 0 unspecified atom stereocenters. The summed E-state index contributed by atoms with van der Waals surface area (Å²) in [5.74, 6) is 0.827. The third kappa shape index (κ3) is 2.77. The lowest BCUT2D eigenvalue weighted by atomic mass is 10.2. The molecule has 104 valence electrons. The first-order valence-corrected chi connectivity index (χ1v) is 7.06. The summed E-state index contributed by atoms with van der Waals surface area (Å²) in [6.07, 6.45) is 0. The van der Waals surface area contributed by atoms with Gasteiger partial charge in [0.1, 0.15) is 0 Å². The Hall–Kier alpha value is -2.29. The van der Waals surface area contributed by atoms with Gasteiger partial charge in [0.05, 0.1) is 10.5 Å². The van der Waals surface area contributed by atoms with Crippen molar-refractivity contribution in [3.8, 4) is 22.8 Å². The molecular weight excluding hydrogens is 385 g/mol. The highest BCUT2D eigenvalue weighted by Gasteiger charge is 2.13. The molecule has 0 bridgehead atoms. The van der Waals surface area contributed by atoms with Gasteiger partial charge in [-0.3, -0.25) is 10.1 Å². The topological polar surface area (TPSA) is 82.1 Å². The number of halogens is 1. The molecule has 21 heavy (non-hydrogen) atoms. The Morgan fingerprint density at radius 3 is 2.48 bits per heavy atom. The van der Waals surface area contributed by atoms with Crippen LogP contribution < -0.4 is 0 Å². The van der Waals surface area contributed by atoms with Gasteiger partial charge >= 0.3 is 0 Å². The third-order valence-electron chi connectivity index (χ3n) is 2.87. The molecule has 2 aromatic carbocycles. The number of nitrogens with zero attached hydrogens (tertiary/aromatic N) is 3. The molecule has 0 saturated carbocycles. The lowest BCUT2D eigenvalue weighted by Gasteiger charge is -1.96. The first-order valence-electron chi connectivity index (χ1n) is 5.98. The summed E-state index contributed by atoms with van der Waals surface area (Å²) in [6, 6.07) is 13.7. The van der Waals surface area contributed by atoms with E-state index < -0.39 is 4.92 Å². The molecule has 3 aromatic rings. The summed E-state index contributed by atoms with van der Waals surface area (Å²) in [4.78, 5) is 14.5. The highest BCUT2D eigenvalue weighted by Crippen LogP contribution is 2.26. The number of nitro benzene ring substituents is 1. The second kappa shape index (κ2) is 5.60. The summed E-state index contributed by atoms with van der Waals surface area (Å²) >= 11 is 2.20. The fraction of sp³-hybridized carbons (Fsp3) is 0. The summed E-state index contributed by atoms with van der Waals surface area (Å²) < 4.78 is 6.27. The lowest BCUT2D eigenvalue weighted by Crippen LogP contribution is -1.88. The zero-order valence-electron chi connectivity index (χ0n) is 10.6. The monoisotopic (exact) mass is 393 g/mol. The van der Waals surface area contributed by atoms with Gasteiger partial charge in [-0.15, -0.1) is 0 Å². The molecule has 7 heteroatoms. The molecule has 6 nitrogen and oxygen atoms in total. The number of hydrogen-bond acceptors (Lipinski definition) is 5. The second-order valence-electron chi connectivity index (χ2n) is 4.21. The smallest absolute Gasteiger partial charge is 0.269 e. The maximum atomic E-state index is 10.6. The van der Waals surface area contributed by atoms with E-state index in [-0.39, 0.29) is 5.69 Å². The van der Waals surface area contributed by atoms with Crippen LogP contribution in [0.3, 0.4) is 0 Å². The lowest BCUT2D eigenvalue weighted by molar-refractivity contribution is -0.384. The van der Waals surface area contributed by atoms with E-state index in [1.165, 1.54) is 12.1 Å². The molecule has 1 aromatic heterocycles. The summed E-state index contributed by atoms with van der Waals surface area (Å²) in [5.41, 5.74) is 1.56. The molecule has 0 amide bonds. The fourth-order valence-electron chi connectivity index (χ4n) is 1.82. The number of rotatable bonds is 3. The van der Waals surface area contributed by atoms with Crippen molar-refractivity contribution in [1.29, 1.82) is 0 Å². The molecule has 0 aliphatic carbocycles. The Balaban J connectivity index is 1.95. The predicted octanol–water partition coefficient (Wildman–Crippen LogP) is 3.92. The van der Waals surface area contributed by atoms with Crippen LogP contribution in [-0.2, 0) is 0 Å². The van der Waals surface area contributed by atoms with Crippen LogP contribution in [0.15, 0.2) is 53.1 Å². The van der Waals surface area contributed by atoms with Crippen LogP contribution in [0.5, 0.6) is 0 Å². The summed E-state index contributed by atoms with van der Waals surface area (Å²) in [5, 5.41) is 14.5. The largest absolute Gasteiger partial charge is 0.334 e. The molecule has 0 atom stereocenters. The number of nitro groups is 1. The van der Waals surface area contributed by atoms with Gasteiger partial charge in [0, 0.05) is 21.3 Å². The normalized spacial score (nSPS) is 10.5. The van der Waals surface area contributed by atoms with E-state index in [1.54, 1.807) is 12.1 Å². The minimum Gasteiger partial charge on any atom is -0.334 e. The van der Waals surface area contributed by atoms with Crippen LogP contribution in [0.2, 0.25) is 0 Å². The zero-order chi connectivity index (χ0) is 14.8. The maximum absolute atomic E-state index is 10.6. The van der Waals surface area contributed by atoms with E-state index in [0.717, 1.165) is 9.13 Å². The molecule has 0 spiro atoms. The van der Waals surface area contributed by atoms with Crippen LogP contribution in [-0.4, -0.2) is 15.1 Å². The Morgan fingerprint density at radius 1 is 1.10 bits per heavy atom. The van der Waals surface area contributed by atoms with E-state index in [9.17, 15) is 10.1 Å². The van der Waals surface area contributed by atoms with E-state index in [4.69, 9.17) is 4.52 Å². The average molecular weight is 393 g/mol. The van der Waals surface area contributed by atoms with E-state index in [2.05, 4.69) is 32.7 Å². The van der Waals surface area contributed by atoms with Gasteiger partial charge in [-0.2, -0.15) is 4.98 Å². The molecule has 0 aliphatic rings. The zero-order valence-corrected chi connectivity index (χ0v) is 12.7. The van der Waals surface area contributed by atoms with Gasteiger partial charge in [-0.25, -0.2) is 0 Å². The van der Waals surface area contributed by atoms with Gasteiger partial charge in [0.15, 0.2) is 0 Å². The number of benzene rings is 2. The van der Waals surface area contributed by atoms with Crippen molar-refractivity contribution < 1.29 is 9.45 Å². The summed E-state index contributed by atoms with van der Waals surface area (Å²) in [7, 11) is 0. The third-order valence-corrected chi connectivity index (χ3v) is 3.81. The minimum atomic E-state index is -0.447. The average Bonchev–Trinajstić information content (AvgIpc) is 2.97. The maximum Gasteiger partial charge on any atom is 0.269 e. The van der Waals surface area contributed by atoms with Crippen LogP contribution in [0.4, 0.5) is 5.69 Å². The number of hydrogen-bond donors (Lipinski definition) is 0. The molecule has 0 radical (unpaired) electrons. The van der Waals surface area contributed by atoms with Gasteiger partial charge < -0.3 is 4.52 Å². The second-order valence-corrected chi connectivity index (χ2v) is 5.37. The Morgan fingerprint density at radius 2 is 1.81 bits per heavy atom. The van der Waals surface area contributed by atoms with Crippen molar-refractivity contribution in [2.24, 2.45) is 0 Å². The van der Waals surface area contributed by atoms with E-state index >= 15 is 0 Å². The molecule has 3 rings (SSSR count). The fourth-order valence-corrected chi connectivity index (χ4v) is 2.44. The van der Waals surface area contributed by atoms with E-state index in [1.807, 2.05) is 24.3 Å².